The molecule has 0 spiro atoms. The standard InChI is InChI=1S/C17H14FNO3/c1-10-5-6-11(9-20)7-14(10)19-17(21)15-8-12-3-2-4-13(18)16(12)22-15/h2-8,20H,9H2,1H3,(H,19,21). The van der Waals surface area contributed by atoms with Crippen LogP contribution in [0.15, 0.2) is 46.9 Å². The molecule has 22 heavy (non-hydrogen) atoms. The molecular weight excluding hydrogens is 285 g/mol. The lowest BCUT2D eigenvalue weighted by atomic mass is 10.1. The van der Waals surface area contributed by atoms with Crippen molar-refractivity contribution in [3.8, 4) is 0 Å². The molecule has 112 valence electrons. The quantitative estimate of drug-likeness (QED) is 0.776. The van der Waals surface area contributed by atoms with Crippen LogP contribution in [0.5, 0.6) is 0 Å². The van der Waals surface area contributed by atoms with E-state index in [9.17, 15) is 9.18 Å². The highest BCUT2D eigenvalue weighted by Crippen LogP contribution is 2.24. The molecule has 1 amide bonds. The van der Waals surface area contributed by atoms with Gasteiger partial charge in [0.1, 0.15) is 0 Å². The first-order chi connectivity index (χ1) is 10.6. The van der Waals surface area contributed by atoms with Gasteiger partial charge in [-0.15, -0.1) is 0 Å². The summed E-state index contributed by atoms with van der Waals surface area (Å²) in [6.07, 6.45) is 0. The molecule has 2 N–H and O–H groups in total. The number of halogens is 1. The molecule has 0 bridgehead atoms. The van der Waals surface area contributed by atoms with Crippen LogP contribution < -0.4 is 5.32 Å². The molecule has 1 aromatic heterocycles. The number of hydrogen-bond donors (Lipinski definition) is 2. The van der Waals surface area contributed by atoms with Crippen molar-refractivity contribution >= 4 is 22.6 Å². The van der Waals surface area contributed by atoms with Crippen LogP contribution in [0, 0.1) is 12.7 Å². The minimum atomic E-state index is -0.505. The number of aryl methyl sites for hydroxylation is 1. The maximum absolute atomic E-state index is 13.6. The minimum absolute atomic E-state index is 0.0360. The normalized spacial score (nSPS) is 10.9. The monoisotopic (exact) mass is 299 g/mol. The van der Waals surface area contributed by atoms with Gasteiger partial charge in [0.05, 0.1) is 6.61 Å². The molecule has 2 aromatic carbocycles. The third-order valence-corrected chi connectivity index (χ3v) is 3.45. The molecule has 1 heterocycles. The van der Waals surface area contributed by atoms with Crippen molar-refractivity contribution in [3.63, 3.8) is 0 Å². The van der Waals surface area contributed by atoms with Gasteiger partial charge in [-0.25, -0.2) is 4.39 Å². The summed E-state index contributed by atoms with van der Waals surface area (Å²) >= 11 is 0. The Balaban J connectivity index is 1.92. The maximum atomic E-state index is 13.6. The lowest BCUT2D eigenvalue weighted by Gasteiger charge is -2.08. The molecule has 0 fully saturated rings. The highest BCUT2D eigenvalue weighted by molar-refractivity contribution is 6.05. The van der Waals surface area contributed by atoms with E-state index in [1.807, 2.05) is 6.92 Å². The minimum Gasteiger partial charge on any atom is -0.448 e. The van der Waals surface area contributed by atoms with E-state index in [1.54, 1.807) is 30.3 Å². The van der Waals surface area contributed by atoms with Crippen molar-refractivity contribution < 1.29 is 18.7 Å². The Bertz CT molecular complexity index is 854. The summed E-state index contributed by atoms with van der Waals surface area (Å²) in [5.74, 6) is -0.933. The number of aliphatic hydroxyl groups excluding tert-OH is 1. The lowest BCUT2D eigenvalue weighted by molar-refractivity contribution is 0.0998. The number of carbonyl (C=O) groups excluding carboxylic acids is 1. The smallest absolute Gasteiger partial charge is 0.291 e. The number of hydrogen-bond acceptors (Lipinski definition) is 3. The molecule has 3 rings (SSSR count). The number of rotatable bonds is 3. The number of benzene rings is 2. The Kier molecular flexibility index (Phi) is 3.65. The Hall–Kier alpha value is -2.66. The summed E-state index contributed by atoms with van der Waals surface area (Å²) in [6.45, 7) is 1.73. The molecule has 0 saturated heterocycles. The van der Waals surface area contributed by atoms with Gasteiger partial charge >= 0.3 is 0 Å². The van der Waals surface area contributed by atoms with Crippen LogP contribution in [0.25, 0.3) is 11.0 Å². The fourth-order valence-electron chi connectivity index (χ4n) is 2.23. The average molecular weight is 299 g/mol. The first-order valence-corrected chi connectivity index (χ1v) is 6.78. The fraction of sp³-hybridized carbons (Fsp3) is 0.118. The fourth-order valence-corrected chi connectivity index (χ4v) is 2.23. The molecule has 3 aromatic rings. The first-order valence-electron chi connectivity index (χ1n) is 6.78. The van der Waals surface area contributed by atoms with Crippen molar-refractivity contribution in [2.45, 2.75) is 13.5 Å². The van der Waals surface area contributed by atoms with E-state index in [-0.39, 0.29) is 18.0 Å². The summed E-state index contributed by atoms with van der Waals surface area (Å²) in [4.78, 5) is 12.3. The van der Waals surface area contributed by atoms with Gasteiger partial charge in [-0.2, -0.15) is 0 Å². The summed E-state index contributed by atoms with van der Waals surface area (Å²) in [5, 5.41) is 12.4. The van der Waals surface area contributed by atoms with Gasteiger partial charge < -0.3 is 14.8 Å². The van der Waals surface area contributed by atoms with Gasteiger partial charge in [0.25, 0.3) is 5.91 Å². The first kappa shape index (κ1) is 14.3. The van der Waals surface area contributed by atoms with E-state index < -0.39 is 11.7 Å². The van der Waals surface area contributed by atoms with Crippen LogP contribution in [0.2, 0.25) is 0 Å². The Morgan fingerprint density at radius 3 is 2.82 bits per heavy atom. The van der Waals surface area contributed by atoms with E-state index in [0.29, 0.717) is 16.6 Å². The second-order valence-corrected chi connectivity index (χ2v) is 5.03. The zero-order chi connectivity index (χ0) is 15.7. The molecular formula is C17H14FNO3. The van der Waals surface area contributed by atoms with Crippen LogP contribution >= 0.6 is 0 Å². The maximum Gasteiger partial charge on any atom is 0.291 e. The number of anilines is 1. The Morgan fingerprint density at radius 1 is 1.27 bits per heavy atom. The van der Waals surface area contributed by atoms with Gasteiger partial charge in [0, 0.05) is 11.1 Å². The number of amides is 1. The summed E-state index contributed by atoms with van der Waals surface area (Å²) in [6, 6.07) is 11.3. The molecule has 0 radical (unpaired) electrons. The van der Waals surface area contributed by atoms with Gasteiger partial charge in [0.15, 0.2) is 17.2 Å². The Morgan fingerprint density at radius 2 is 2.09 bits per heavy atom. The van der Waals surface area contributed by atoms with E-state index in [1.165, 1.54) is 12.1 Å². The van der Waals surface area contributed by atoms with E-state index >= 15 is 0 Å². The molecule has 0 aliphatic rings. The number of fused-ring (bicyclic) bond motifs is 1. The highest BCUT2D eigenvalue weighted by atomic mass is 19.1. The number of carbonyl (C=O) groups is 1. The predicted molar refractivity (Wildman–Crippen MR) is 81.2 cm³/mol. The van der Waals surface area contributed by atoms with Gasteiger partial charge in [-0.1, -0.05) is 24.3 Å². The number of furan rings is 1. The number of para-hydroxylation sites is 1. The van der Waals surface area contributed by atoms with Crippen LogP contribution in [0.3, 0.4) is 0 Å². The van der Waals surface area contributed by atoms with E-state index in [2.05, 4.69) is 5.32 Å². The van der Waals surface area contributed by atoms with Crippen molar-refractivity contribution in [1.82, 2.24) is 0 Å². The van der Waals surface area contributed by atoms with Crippen molar-refractivity contribution in [3.05, 3.63) is 65.2 Å². The van der Waals surface area contributed by atoms with Crippen LogP contribution in [-0.4, -0.2) is 11.0 Å². The number of aliphatic hydroxyl groups is 1. The summed E-state index contributed by atoms with van der Waals surface area (Å²) in [5.41, 5.74) is 2.19. The largest absolute Gasteiger partial charge is 0.448 e. The number of nitrogens with one attached hydrogen (secondary N) is 1. The third-order valence-electron chi connectivity index (χ3n) is 3.45. The molecule has 0 saturated carbocycles. The zero-order valence-electron chi connectivity index (χ0n) is 11.9. The van der Waals surface area contributed by atoms with Crippen molar-refractivity contribution in [2.75, 3.05) is 5.32 Å². The zero-order valence-corrected chi connectivity index (χ0v) is 11.9. The molecule has 5 heteroatoms. The molecule has 0 unspecified atom stereocenters. The molecule has 0 aliphatic heterocycles. The van der Waals surface area contributed by atoms with Crippen LogP contribution in [0.1, 0.15) is 21.7 Å². The summed E-state index contributed by atoms with van der Waals surface area (Å²) < 4.78 is 18.9. The predicted octanol–water partition coefficient (Wildman–Crippen LogP) is 3.62. The Labute approximate surface area is 126 Å². The molecule has 0 aliphatic carbocycles. The highest BCUT2D eigenvalue weighted by Gasteiger charge is 2.15. The van der Waals surface area contributed by atoms with Crippen molar-refractivity contribution in [1.29, 1.82) is 0 Å². The molecule has 0 atom stereocenters. The van der Waals surface area contributed by atoms with Gasteiger partial charge in [-0.3, -0.25) is 4.79 Å². The van der Waals surface area contributed by atoms with Crippen LogP contribution in [0.4, 0.5) is 10.1 Å². The molecule has 4 nitrogen and oxygen atoms in total. The van der Waals surface area contributed by atoms with E-state index in [0.717, 1.165) is 5.56 Å². The second kappa shape index (κ2) is 5.61. The van der Waals surface area contributed by atoms with E-state index in [4.69, 9.17) is 9.52 Å². The second-order valence-electron chi connectivity index (χ2n) is 5.03. The summed E-state index contributed by atoms with van der Waals surface area (Å²) in [7, 11) is 0. The average Bonchev–Trinajstić information content (AvgIpc) is 2.95. The van der Waals surface area contributed by atoms with Crippen molar-refractivity contribution in [2.24, 2.45) is 0 Å². The third kappa shape index (κ3) is 2.58. The van der Waals surface area contributed by atoms with Gasteiger partial charge in [-0.05, 0) is 36.2 Å². The lowest BCUT2D eigenvalue weighted by Crippen LogP contribution is -2.12. The van der Waals surface area contributed by atoms with Crippen LogP contribution in [-0.2, 0) is 6.61 Å². The topological polar surface area (TPSA) is 62.5 Å². The SMILES string of the molecule is Cc1ccc(CO)cc1NC(=O)c1cc2cccc(F)c2o1. The van der Waals surface area contributed by atoms with Gasteiger partial charge in [0.2, 0.25) is 0 Å².